The second-order valence-corrected chi connectivity index (χ2v) is 7.60. The lowest BCUT2D eigenvalue weighted by atomic mass is 10.1. The van der Waals surface area contributed by atoms with Crippen LogP contribution in [0.2, 0.25) is 0 Å². The Morgan fingerprint density at radius 1 is 1.09 bits per heavy atom. The van der Waals surface area contributed by atoms with E-state index in [1.165, 1.54) is 0 Å². The molecule has 0 bridgehead atoms. The minimum absolute atomic E-state index is 0.220. The van der Waals surface area contributed by atoms with E-state index in [1.807, 2.05) is 48.9 Å². The number of nitrogens with one attached hydrogen (secondary N) is 1. The lowest BCUT2D eigenvalue weighted by Crippen LogP contribution is -2.25. The highest BCUT2D eigenvalue weighted by molar-refractivity contribution is 6.04. The summed E-state index contributed by atoms with van der Waals surface area (Å²) in [6, 6.07) is 16.5. The zero-order valence-corrected chi connectivity index (χ0v) is 18.2. The van der Waals surface area contributed by atoms with E-state index in [0.717, 1.165) is 22.5 Å². The smallest absolute Gasteiger partial charge is 0.274 e. The number of carbonyl (C=O) groups excluding carboxylic acids is 1. The van der Waals surface area contributed by atoms with Crippen LogP contribution in [-0.4, -0.2) is 27.1 Å². The molecule has 1 N–H and O–H groups in total. The molecule has 0 unspecified atom stereocenters. The zero-order valence-electron chi connectivity index (χ0n) is 18.2. The van der Waals surface area contributed by atoms with Gasteiger partial charge in [0.15, 0.2) is 0 Å². The minimum Gasteiger partial charge on any atom is -0.495 e. The molecule has 0 aliphatic carbocycles. The lowest BCUT2D eigenvalue weighted by Gasteiger charge is -2.12. The van der Waals surface area contributed by atoms with Gasteiger partial charge in [0.2, 0.25) is 0 Å². The van der Waals surface area contributed by atoms with Crippen molar-refractivity contribution >= 4 is 11.6 Å². The van der Waals surface area contributed by atoms with Crippen molar-refractivity contribution in [2.75, 3.05) is 12.4 Å². The second kappa shape index (κ2) is 8.93. The highest BCUT2D eigenvalue weighted by Crippen LogP contribution is 2.25. The average Bonchev–Trinajstić information content (AvgIpc) is 3.23. The van der Waals surface area contributed by atoms with Gasteiger partial charge in [0.1, 0.15) is 11.4 Å². The molecular weight excluding hydrogens is 404 g/mol. The van der Waals surface area contributed by atoms with E-state index in [1.54, 1.807) is 54.5 Å². The first-order valence-corrected chi connectivity index (χ1v) is 10.2. The number of nitrogens with zero attached hydrogens (tertiary/aromatic N) is 3. The van der Waals surface area contributed by atoms with E-state index < -0.39 is 0 Å². The van der Waals surface area contributed by atoms with Gasteiger partial charge in [-0.25, -0.2) is 4.98 Å². The predicted octanol–water partition coefficient (Wildman–Crippen LogP) is 3.96. The zero-order chi connectivity index (χ0) is 22.7. The topological polar surface area (TPSA) is 78.1 Å². The molecule has 0 atom stereocenters. The number of amides is 1. The molecule has 0 radical (unpaired) electrons. The van der Waals surface area contributed by atoms with Crippen molar-refractivity contribution in [2.45, 2.75) is 20.4 Å². The molecule has 0 saturated carbocycles. The Balaban J connectivity index is 1.56. The van der Waals surface area contributed by atoms with Crippen LogP contribution in [-0.2, 0) is 6.54 Å². The summed E-state index contributed by atoms with van der Waals surface area (Å²) in [7, 11) is 1.55. The van der Waals surface area contributed by atoms with Crippen molar-refractivity contribution in [3.05, 3.63) is 106 Å². The number of aryl methyl sites for hydroxylation is 2. The van der Waals surface area contributed by atoms with Gasteiger partial charge in [0.25, 0.3) is 11.5 Å². The van der Waals surface area contributed by atoms with Crippen LogP contribution in [0, 0.1) is 13.8 Å². The first kappa shape index (κ1) is 21.1. The third kappa shape index (κ3) is 4.46. The summed E-state index contributed by atoms with van der Waals surface area (Å²) in [5, 5.41) is 2.73. The molecule has 2 heterocycles. The maximum atomic E-state index is 12.9. The molecule has 2 aromatic heterocycles. The third-order valence-corrected chi connectivity index (χ3v) is 5.17. The average molecular weight is 428 g/mol. The van der Waals surface area contributed by atoms with Crippen molar-refractivity contribution in [3.63, 3.8) is 0 Å². The Kier molecular flexibility index (Phi) is 5.89. The fourth-order valence-electron chi connectivity index (χ4n) is 3.43. The molecule has 7 nitrogen and oxygen atoms in total. The summed E-state index contributed by atoms with van der Waals surface area (Å²) >= 11 is 0. The van der Waals surface area contributed by atoms with E-state index in [9.17, 15) is 9.59 Å². The number of methoxy groups -OCH3 is 1. The first-order valence-electron chi connectivity index (χ1n) is 10.2. The van der Waals surface area contributed by atoms with Crippen molar-refractivity contribution in [3.8, 4) is 11.4 Å². The van der Waals surface area contributed by atoms with Gasteiger partial charge in [-0.3, -0.25) is 9.59 Å². The summed E-state index contributed by atoms with van der Waals surface area (Å²) in [6.07, 6.45) is 5.27. The van der Waals surface area contributed by atoms with Crippen molar-refractivity contribution in [1.29, 1.82) is 0 Å². The van der Waals surface area contributed by atoms with E-state index in [-0.39, 0.29) is 17.2 Å². The van der Waals surface area contributed by atoms with E-state index in [4.69, 9.17) is 4.74 Å². The van der Waals surface area contributed by atoms with Crippen LogP contribution in [0.15, 0.2) is 78.1 Å². The summed E-state index contributed by atoms with van der Waals surface area (Å²) in [5.74, 6) is 0.141. The van der Waals surface area contributed by atoms with Crippen LogP contribution < -0.4 is 15.6 Å². The number of hydrogen-bond acceptors (Lipinski definition) is 4. The Morgan fingerprint density at radius 3 is 2.56 bits per heavy atom. The number of imidazole rings is 1. The van der Waals surface area contributed by atoms with Crippen LogP contribution in [0.1, 0.15) is 27.2 Å². The molecule has 0 spiro atoms. The molecular formula is C25H24N4O3. The quantitative estimate of drug-likeness (QED) is 0.504. The maximum Gasteiger partial charge on any atom is 0.274 e. The van der Waals surface area contributed by atoms with Gasteiger partial charge in [-0.2, -0.15) is 0 Å². The normalized spacial score (nSPS) is 10.7. The van der Waals surface area contributed by atoms with Crippen molar-refractivity contribution in [2.24, 2.45) is 0 Å². The van der Waals surface area contributed by atoms with E-state index in [2.05, 4.69) is 10.3 Å². The van der Waals surface area contributed by atoms with Gasteiger partial charge in [-0.05, 0) is 49.7 Å². The highest BCUT2D eigenvalue weighted by Gasteiger charge is 2.14. The number of hydrogen-bond donors (Lipinski definition) is 1. The number of carbonyl (C=O) groups is 1. The SMILES string of the molecule is COc1cc(C(=O)Nc2cccn(Cc3ccc(C)cc3)c2=O)ccc1-n1cnc(C)c1. The Labute approximate surface area is 185 Å². The number of benzene rings is 2. The predicted molar refractivity (Wildman–Crippen MR) is 124 cm³/mol. The summed E-state index contributed by atoms with van der Waals surface area (Å²) in [4.78, 5) is 30.0. The van der Waals surface area contributed by atoms with Crippen LogP contribution >= 0.6 is 0 Å². The van der Waals surface area contributed by atoms with Crippen LogP contribution in [0.5, 0.6) is 5.75 Å². The number of anilines is 1. The molecule has 0 aliphatic rings. The van der Waals surface area contributed by atoms with Gasteiger partial charge in [-0.1, -0.05) is 29.8 Å². The molecule has 1 amide bonds. The number of aromatic nitrogens is 3. The number of rotatable bonds is 6. The summed E-state index contributed by atoms with van der Waals surface area (Å²) in [6.45, 7) is 4.34. The van der Waals surface area contributed by atoms with Gasteiger partial charge in [0, 0.05) is 18.0 Å². The number of pyridine rings is 1. The number of ether oxygens (including phenoxy) is 1. The van der Waals surface area contributed by atoms with Crippen molar-refractivity contribution < 1.29 is 9.53 Å². The largest absolute Gasteiger partial charge is 0.495 e. The fraction of sp³-hybridized carbons (Fsp3) is 0.160. The fourth-order valence-corrected chi connectivity index (χ4v) is 3.43. The van der Waals surface area contributed by atoms with Crippen molar-refractivity contribution in [1.82, 2.24) is 14.1 Å². The summed E-state index contributed by atoms with van der Waals surface area (Å²) in [5.41, 5.74) is 4.15. The van der Waals surface area contributed by atoms with Crippen LogP contribution in [0.3, 0.4) is 0 Å². The monoisotopic (exact) mass is 428 g/mol. The molecule has 0 saturated heterocycles. The maximum absolute atomic E-state index is 12.9. The molecule has 0 fully saturated rings. The van der Waals surface area contributed by atoms with Crippen LogP contribution in [0.4, 0.5) is 5.69 Å². The molecule has 4 rings (SSSR count). The second-order valence-electron chi connectivity index (χ2n) is 7.60. The summed E-state index contributed by atoms with van der Waals surface area (Å²) < 4.78 is 8.88. The van der Waals surface area contributed by atoms with E-state index in [0.29, 0.717) is 17.9 Å². The van der Waals surface area contributed by atoms with Gasteiger partial charge in [-0.15, -0.1) is 0 Å². The van der Waals surface area contributed by atoms with Gasteiger partial charge < -0.3 is 19.2 Å². The van der Waals surface area contributed by atoms with Gasteiger partial charge >= 0.3 is 0 Å². The van der Waals surface area contributed by atoms with E-state index >= 15 is 0 Å². The molecule has 162 valence electrons. The highest BCUT2D eigenvalue weighted by atomic mass is 16.5. The van der Waals surface area contributed by atoms with Crippen LogP contribution in [0.25, 0.3) is 5.69 Å². The molecule has 32 heavy (non-hydrogen) atoms. The Hall–Kier alpha value is -4.13. The standard InChI is InChI=1S/C25H24N4O3/c1-17-6-8-19(9-7-17)15-28-12-4-5-21(25(28)31)27-24(30)20-10-11-22(23(13-20)32-3)29-14-18(2)26-16-29/h4-14,16H,15H2,1-3H3,(H,27,30). The molecule has 2 aromatic carbocycles. The molecule has 4 aromatic rings. The Bertz CT molecular complexity index is 1320. The lowest BCUT2D eigenvalue weighted by molar-refractivity contribution is 0.102. The third-order valence-electron chi connectivity index (χ3n) is 5.17. The van der Waals surface area contributed by atoms with Gasteiger partial charge in [0.05, 0.1) is 31.4 Å². The first-order chi connectivity index (χ1) is 15.4. The minimum atomic E-state index is -0.387. The molecule has 0 aliphatic heterocycles. The Morgan fingerprint density at radius 2 is 1.88 bits per heavy atom. The molecule has 7 heteroatoms.